The first-order valence-electron chi connectivity index (χ1n) is 6.31. The van der Waals surface area contributed by atoms with Crippen molar-refractivity contribution in [3.63, 3.8) is 0 Å². The first-order chi connectivity index (χ1) is 8.31. The van der Waals surface area contributed by atoms with Gasteiger partial charge in [0.1, 0.15) is 0 Å². The number of piperazine rings is 1. The van der Waals surface area contributed by atoms with E-state index in [-0.39, 0.29) is 5.25 Å². The molecule has 0 N–H and O–H groups in total. The van der Waals surface area contributed by atoms with Gasteiger partial charge in [-0.3, -0.25) is 9.69 Å². The second-order valence-electron chi connectivity index (χ2n) is 4.61. The van der Waals surface area contributed by atoms with Crippen LogP contribution in [0.3, 0.4) is 0 Å². The van der Waals surface area contributed by atoms with E-state index in [1.54, 1.807) is 0 Å². The molecule has 2 saturated heterocycles. The molecule has 2 heterocycles. The van der Waals surface area contributed by atoms with Gasteiger partial charge in [0.05, 0.1) is 17.9 Å². The molecule has 2 rings (SSSR count). The van der Waals surface area contributed by atoms with Gasteiger partial charge < -0.3 is 4.90 Å². The van der Waals surface area contributed by atoms with Gasteiger partial charge in [-0.15, -0.1) is 11.8 Å². The molecular formula is C12H19N3OS. The van der Waals surface area contributed by atoms with Gasteiger partial charge in [-0.05, 0) is 18.6 Å². The van der Waals surface area contributed by atoms with E-state index in [1.165, 1.54) is 12.8 Å². The second-order valence-corrected chi connectivity index (χ2v) is 5.93. The molecule has 2 fully saturated rings. The number of rotatable bonds is 2. The van der Waals surface area contributed by atoms with Gasteiger partial charge in [-0.25, -0.2) is 0 Å². The highest BCUT2D eigenvalue weighted by atomic mass is 32.2. The first-order valence-corrected chi connectivity index (χ1v) is 7.36. The number of hydrogen-bond donors (Lipinski definition) is 0. The minimum atomic E-state index is 0.200. The van der Waals surface area contributed by atoms with Crippen molar-refractivity contribution in [2.75, 3.05) is 38.5 Å². The highest BCUT2D eigenvalue weighted by molar-refractivity contribution is 8.00. The Morgan fingerprint density at radius 1 is 1.29 bits per heavy atom. The summed E-state index contributed by atoms with van der Waals surface area (Å²) < 4.78 is 0. The molecule has 94 valence electrons. The van der Waals surface area contributed by atoms with Crippen molar-refractivity contribution in [3.8, 4) is 6.07 Å². The molecule has 0 bridgehead atoms. The SMILES string of the molecule is N#CCN1CCN(C(=O)C2CCCCS2)CC1. The van der Waals surface area contributed by atoms with Crippen LogP contribution in [-0.4, -0.2) is 59.4 Å². The van der Waals surface area contributed by atoms with Gasteiger partial charge in [0.25, 0.3) is 0 Å². The Balaban J connectivity index is 1.79. The van der Waals surface area contributed by atoms with Gasteiger partial charge in [-0.1, -0.05) is 6.42 Å². The van der Waals surface area contributed by atoms with Crippen LogP contribution in [0.25, 0.3) is 0 Å². The highest BCUT2D eigenvalue weighted by Crippen LogP contribution is 2.26. The fraction of sp³-hybridized carbons (Fsp3) is 0.833. The van der Waals surface area contributed by atoms with Crippen LogP contribution in [0.15, 0.2) is 0 Å². The Bertz CT molecular complexity index is 301. The Morgan fingerprint density at radius 2 is 2.06 bits per heavy atom. The number of carbonyl (C=O) groups is 1. The third-order valence-corrected chi connectivity index (χ3v) is 4.80. The third-order valence-electron chi connectivity index (χ3n) is 3.43. The quantitative estimate of drug-likeness (QED) is 0.687. The maximum Gasteiger partial charge on any atom is 0.235 e. The Kier molecular flexibility index (Phi) is 4.69. The van der Waals surface area contributed by atoms with E-state index in [0.29, 0.717) is 12.5 Å². The fourth-order valence-electron chi connectivity index (χ4n) is 2.37. The van der Waals surface area contributed by atoms with E-state index in [0.717, 1.165) is 38.4 Å². The van der Waals surface area contributed by atoms with Crippen molar-refractivity contribution in [3.05, 3.63) is 0 Å². The summed E-state index contributed by atoms with van der Waals surface area (Å²) in [6, 6.07) is 2.16. The van der Waals surface area contributed by atoms with Gasteiger partial charge in [-0.2, -0.15) is 5.26 Å². The topological polar surface area (TPSA) is 47.3 Å². The number of hydrogen-bond acceptors (Lipinski definition) is 4. The third kappa shape index (κ3) is 3.36. The van der Waals surface area contributed by atoms with Crippen LogP contribution >= 0.6 is 11.8 Å². The molecule has 17 heavy (non-hydrogen) atoms. The summed E-state index contributed by atoms with van der Waals surface area (Å²) in [4.78, 5) is 16.3. The number of carbonyl (C=O) groups excluding carboxylic acids is 1. The zero-order valence-electron chi connectivity index (χ0n) is 10.1. The minimum absolute atomic E-state index is 0.200. The maximum atomic E-state index is 12.2. The Hall–Kier alpha value is -0.730. The van der Waals surface area contributed by atoms with Crippen molar-refractivity contribution < 1.29 is 4.79 Å². The molecule has 0 spiro atoms. The molecular weight excluding hydrogens is 234 g/mol. The molecule has 1 atom stereocenters. The summed E-state index contributed by atoms with van der Waals surface area (Å²) in [5.41, 5.74) is 0. The van der Waals surface area contributed by atoms with Crippen molar-refractivity contribution in [1.82, 2.24) is 9.80 Å². The van der Waals surface area contributed by atoms with Gasteiger partial charge in [0.2, 0.25) is 5.91 Å². The second kappa shape index (κ2) is 6.27. The maximum absolute atomic E-state index is 12.2. The van der Waals surface area contributed by atoms with Crippen LogP contribution in [0.5, 0.6) is 0 Å². The molecule has 2 aliphatic rings. The fourth-order valence-corrected chi connectivity index (χ4v) is 3.65. The number of nitrogens with zero attached hydrogens (tertiary/aromatic N) is 3. The van der Waals surface area contributed by atoms with Crippen LogP contribution < -0.4 is 0 Å². The minimum Gasteiger partial charge on any atom is -0.339 e. The van der Waals surface area contributed by atoms with E-state index in [1.807, 2.05) is 16.7 Å². The molecule has 2 aliphatic heterocycles. The molecule has 0 aliphatic carbocycles. The van der Waals surface area contributed by atoms with E-state index >= 15 is 0 Å². The van der Waals surface area contributed by atoms with Crippen LogP contribution in [0, 0.1) is 11.3 Å². The summed E-state index contributed by atoms with van der Waals surface area (Å²) in [7, 11) is 0. The molecule has 1 unspecified atom stereocenters. The average Bonchev–Trinajstić information content (AvgIpc) is 2.40. The predicted octanol–water partition coefficient (Wildman–Crippen LogP) is 0.940. The Labute approximate surface area is 107 Å². The van der Waals surface area contributed by atoms with E-state index in [4.69, 9.17) is 5.26 Å². The summed E-state index contributed by atoms with van der Waals surface area (Å²) in [6.45, 7) is 3.75. The lowest BCUT2D eigenvalue weighted by Gasteiger charge is -2.36. The van der Waals surface area contributed by atoms with Crippen LogP contribution in [0.1, 0.15) is 19.3 Å². The summed E-state index contributed by atoms with van der Waals surface area (Å²) in [5.74, 6) is 1.46. The summed E-state index contributed by atoms with van der Waals surface area (Å²) in [6.07, 6.45) is 3.49. The highest BCUT2D eigenvalue weighted by Gasteiger charge is 2.28. The monoisotopic (exact) mass is 253 g/mol. The summed E-state index contributed by atoms with van der Waals surface area (Å²) >= 11 is 1.82. The number of amides is 1. The zero-order chi connectivity index (χ0) is 12.1. The molecule has 0 saturated carbocycles. The predicted molar refractivity (Wildman–Crippen MR) is 68.7 cm³/mol. The Morgan fingerprint density at radius 3 is 2.65 bits per heavy atom. The normalized spacial score (nSPS) is 26.5. The van der Waals surface area contributed by atoms with Crippen LogP contribution in [-0.2, 0) is 4.79 Å². The average molecular weight is 253 g/mol. The summed E-state index contributed by atoms with van der Waals surface area (Å²) in [5, 5.41) is 8.82. The lowest BCUT2D eigenvalue weighted by Crippen LogP contribution is -2.51. The van der Waals surface area contributed by atoms with Crippen molar-refractivity contribution in [2.24, 2.45) is 0 Å². The molecule has 0 radical (unpaired) electrons. The molecule has 0 aromatic heterocycles. The molecule has 0 aromatic carbocycles. The smallest absolute Gasteiger partial charge is 0.235 e. The van der Waals surface area contributed by atoms with Crippen LogP contribution in [0.4, 0.5) is 0 Å². The van der Waals surface area contributed by atoms with Gasteiger partial charge >= 0.3 is 0 Å². The molecule has 4 nitrogen and oxygen atoms in total. The van der Waals surface area contributed by atoms with Crippen LogP contribution in [0.2, 0.25) is 0 Å². The van der Waals surface area contributed by atoms with Crippen molar-refractivity contribution in [2.45, 2.75) is 24.5 Å². The lowest BCUT2D eigenvalue weighted by molar-refractivity contribution is -0.132. The first kappa shape index (κ1) is 12.7. The van der Waals surface area contributed by atoms with Gasteiger partial charge in [0, 0.05) is 26.2 Å². The van der Waals surface area contributed by atoms with Gasteiger partial charge in [0.15, 0.2) is 0 Å². The van der Waals surface area contributed by atoms with E-state index in [2.05, 4.69) is 11.0 Å². The molecule has 0 aromatic rings. The number of nitriles is 1. The lowest BCUT2D eigenvalue weighted by atomic mass is 10.1. The molecule has 1 amide bonds. The largest absolute Gasteiger partial charge is 0.339 e. The van der Waals surface area contributed by atoms with E-state index < -0.39 is 0 Å². The van der Waals surface area contributed by atoms with E-state index in [9.17, 15) is 4.79 Å². The zero-order valence-corrected chi connectivity index (χ0v) is 10.9. The number of thioether (sulfide) groups is 1. The van der Waals surface area contributed by atoms with Crippen molar-refractivity contribution >= 4 is 17.7 Å². The van der Waals surface area contributed by atoms with Crippen molar-refractivity contribution in [1.29, 1.82) is 5.26 Å². The standard InChI is InChI=1S/C12H19N3OS/c13-4-5-14-6-8-15(9-7-14)12(16)11-3-1-2-10-17-11/h11H,1-3,5-10H2. The molecule has 5 heteroatoms.